The fraction of sp³-hybridized carbons (Fsp3) is 0.462. The van der Waals surface area contributed by atoms with Crippen LogP contribution in [-0.2, 0) is 6.54 Å². The lowest BCUT2D eigenvalue weighted by atomic mass is 10.2. The van der Waals surface area contributed by atoms with Gasteiger partial charge in [-0.2, -0.15) is 0 Å². The van der Waals surface area contributed by atoms with Gasteiger partial charge in [-0.25, -0.2) is 4.98 Å². The minimum Gasteiger partial charge on any atom is -0.396 e. The molecule has 0 spiro atoms. The highest BCUT2D eigenvalue weighted by molar-refractivity contribution is 9.10. The predicted octanol–water partition coefficient (Wildman–Crippen LogP) is 2.59. The van der Waals surface area contributed by atoms with E-state index in [1.807, 2.05) is 12.1 Å². The summed E-state index contributed by atoms with van der Waals surface area (Å²) in [6.07, 6.45) is 1.56. The lowest BCUT2D eigenvalue weighted by molar-refractivity contribution is 0.273. The molecule has 98 valence electrons. The van der Waals surface area contributed by atoms with E-state index in [1.165, 1.54) is 0 Å². The van der Waals surface area contributed by atoms with Gasteiger partial charge in [-0.15, -0.1) is 0 Å². The van der Waals surface area contributed by atoms with Gasteiger partial charge in [0.05, 0.1) is 17.1 Å². The molecule has 0 radical (unpaired) electrons. The largest absolute Gasteiger partial charge is 0.396 e. The van der Waals surface area contributed by atoms with E-state index in [0.717, 1.165) is 34.3 Å². The van der Waals surface area contributed by atoms with Gasteiger partial charge in [-0.05, 0) is 31.0 Å². The minimum atomic E-state index is -0.215. The lowest BCUT2D eigenvalue weighted by Gasteiger charge is -2.13. The highest BCUT2D eigenvalue weighted by Crippen LogP contribution is 2.24. The number of aromatic nitrogens is 2. The van der Waals surface area contributed by atoms with E-state index in [1.54, 1.807) is 0 Å². The molecule has 1 heterocycles. The molecule has 1 atom stereocenters. The van der Waals surface area contributed by atoms with Crippen LogP contribution in [0.2, 0.25) is 0 Å². The van der Waals surface area contributed by atoms with E-state index in [2.05, 4.69) is 38.5 Å². The third-order valence-corrected chi connectivity index (χ3v) is 3.45. The van der Waals surface area contributed by atoms with Gasteiger partial charge in [0.25, 0.3) is 0 Å². The predicted molar refractivity (Wildman–Crippen MR) is 76.4 cm³/mol. The first-order valence-electron chi connectivity index (χ1n) is 6.19. The maximum Gasteiger partial charge on any atom is 0.126 e. The Balaban J connectivity index is 2.53. The van der Waals surface area contributed by atoms with Crippen molar-refractivity contribution in [3.8, 4) is 0 Å². The number of hydrogen-bond acceptors (Lipinski definition) is 3. The number of nitrogens with two attached hydrogens (primary N) is 1. The van der Waals surface area contributed by atoms with Crippen LogP contribution in [0.25, 0.3) is 11.0 Å². The normalized spacial score (nSPS) is 13.1. The summed E-state index contributed by atoms with van der Waals surface area (Å²) in [6, 6.07) is 5.85. The van der Waals surface area contributed by atoms with Crippen molar-refractivity contribution in [3.05, 3.63) is 28.5 Å². The maximum atomic E-state index is 9.01. The molecule has 0 aliphatic carbocycles. The molecule has 2 rings (SSSR count). The fourth-order valence-electron chi connectivity index (χ4n) is 2.13. The van der Waals surface area contributed by atoms with E-state index >= 15 is 0 Å². The fourth-order valence-corrected chi connectivity index (χ4v) is 2.48. The van der Waals surface area contributed by atoms with Crippen molar-refractivity contribution in [2.75, 3.05) is 6.61 Å². The Bertz CT molecular complexity index is 538. The zero-order valence-corrected chi connectivity index (χ0v) is 12.0. The summed E-state index contributed by atoms with van der Waals surface area (Å²) in [7, 11) is 0. The molecule has 0 saturated carbocycles. The molecule has 1 unspecified atom stereocenters. The van der Waals surface area contributed by atoms with Crippen LogP contribution in [-0.4, -0.2) is 21.3 Å². The Labute approximate surface area is 115 Å². The topological polar surface area (TPSA) is 64.1 Å². The summed E-state index contributed by atoms with van der Waals surface area (Å²) in [5.41, 5.74) is 8.13. The van der Waals surface area contributed by atoms with Gasteiger partial charge in [-0.3, -0.25) is 0 Å². The number of fused-ring (bicyclic) bond motifs is 1. The number of halogens is 1. The van der Waals surface area contributed by atoms with Crippen molar-refractivity contribution in [1.29, 1.82) is 0 Å². The smallest absolute Gasteiger partial charge is 0.126 e. The molecule has 2 aromatic rings. The van der Waals surface area contributed by atoms with Crippen LogP contribution in [0.3, 0.4) is 0 Å². The molecule has 0 saturated heterocycles. The van der Waals surface area contributed by atoms with Gasteiger partial charge in [0.1, 0.15) is 5.82 Å². The van der Waals surface area contributed by atoms with Crippen molar-refractivity contribution < 1.29 is 5.11 Å². The lowest BCUT2D eigenvalue weighted by Crippen LogP contribution is -2.18. The molecule has 3 N–H and O–H groups in total. The van der Waals surface area contributed by atoms with Gasteiger partial charge in [0.15, 0.2) is 0 Å². The number of benzene rings is 1. The second-order valence-corrected chi connectivity index (χ2v) is 5.29. The van der Waals surface area contributed by atoms with E-state index in [4.69, 9.17) is 10.8 Å². The first-order valence-corrected chi connectivity index (χ1v) is 6.98. The molecule has 1 aromatic carbocycles. The van der Waals surface area contributed by atoms with Gasteiger partial charge < -0.3 is 15.4 Å². The van der Waals surface area contributed by atoms with Gasteiger partial charge in [0, 0.05) is 17.6 Å². The monoisotopic (exact) mass is 311 g/mol. The van der Waals surface area contributed by atoms with E-state index in [-0.39, 0.29) is 12.6 Å². The summed E-state index contributed by atoms with van der Waals surface area (Å²) in [5, 5.41) is 9.01. The van der Waals surface area contributed by atoms with Gasteiger partial charge in [-0.1, -0.05) is 22.9 Å². The number of rotatable bonds is 5. The third-order valence-electron chi connectivity index (χ3n) is 2.96. The van der Waals surface area contributed by atoms with Crippen LogP contribution in [0.4, 0.5) is 0 Å². The number of aliphatic hydroxyl groups excluding tert-OH is 1. The summed E-state index contributed by atoms with van der Waals surface area (Å²) in [5.74, 6) is 0.860. The Morgan fingerprint density at radius 2 is 2.28 bits per heavy atom. The molecule has 0 fully saturated rings. The van der Waals surface area contributed by atoms with Crippen LogP contribution in [0.15, 0.2) is 22.7 Å². The van der Waals surface area contributed by atoms with Crippen LogP contribution < -0.4 is 5.73 Å². The van der Waals surface area contributed by atoms with Crippen molar-refractivity contribution in [2.45, 2.75) is 32.4 Å². The van der Waals surface area contributed by atoms with Crippen LogP contribution >= 0.6 is 15.9 Å². The molecule has 18 heavy (non-hydrogen) atoms. The molecular formula is C13H18BrN3O. The molecule has 0 aliphatic heterocycles. The van der Waals surface area contributed by atoms with Crippen LogP contribution in [0, 0.1) is 0 Å². The highest BCUT2D eigenvalue weighted by atomic mass is 79.9. The van der Waals surface area contributed by atoms with Crippen molar-refractivity contribution in [1.82, 2.24) is 9.55 Å². The van der Waals surface area contributed by atoms with Gasteiger partial charge >= 0.3 is 0 Å². The van der Waals surface area contributed by atoms with Crippen molar-refractivity contribution in [2.24, 2.45) is 5.73 Å². The standard InChI is InChI=1S/C13H18BrN3O/c1-2-6-17-12-4-3-9(14)8-11(12)16-13(17)10(15)5-7-18/h3-4,8,10,18H,2,5-7,15H2,1H3. The van der Waals surface area contributed by atoms with E-state index in [9.17, 15) is 0 Å². The quantitative estimate of drug-likeness (QED) is 0.892. The van der Waals surface area contributed by atoms with Crippen LogP contribution in [0.1, 0.15) is 31.6 Å². The second-order valence-electron chi connectivity index (χ2n) is 4.37. The zero-order valence-electron chi connectivity index (χ0n) is 10.4. The Kier molecular flexibility index (Phi) is 4.37. The number of hydrogen-bond donors (Lipinski definition) is 2. The average Bonchev–Trinajstić information content (AvgIpc) is 2.68. The number of aliphatic hydroxyl groups is 1. The number of aryl methyl sites for hydroxylation is 1. The third kappa shape index (κ3) is 2.58. The first-order chi connectivity index (χ1) is 8.67. The molecule has 0 aliphatic rings. The van der Waals surface area contributed by atoms with Crippen molar-refractivity contribution >= 4 is 27.0 Å². The zero-order chi connectivity index (χ0) is 13.1. The van der Waals surface area contributed by atoms with Crippen LogP contribution in [0.5, 0.6) is 0 Å². The van der Waals surface area contributed by atoms with Gasteiger partial charge in [0.2, 0.25) is 0 Å². The summed E-state index contributed by atoms with van der Waals surface area (Å²) < 4.78 is 3.17. The Morgan fingerprint density at radius 1 is 1.50 bits per heavy atom. The van der Waals surface area contributed by atoms with E-state index in [0.29, 0.717) is 6.42 Å². The molecular weight excluding hydrogens is 294 g/mol. The SMILES string of the molecule is CCCn1c(C(N)CCO)nc2cc(Br)ccc21. The van der Waals surface area contributed by atoms with Crippen molar-refractivity contribution in [3.63, 3.8) is 0 Å². The second kappa shape index (κ2) is 5.82. The Hall–Kier alpha value is -0.910. The number of imidazole rings is 1. The first kappa shape index (κ1) is 13.5. The highest BCUT2D eigenvalue weighted by Gasteiger charge is 2.16. The minimum absolute atomic E-state index is 0.0835. The molecule has 0 bridgehead atoms. The Morgan fingerprint density at radius 3 is 2.94 bits per heavy atom. The number of nitrogens with zero attached hydrogens (tertiary/aromatic N) is 2. The molecule has 5 heteroatoms. The van der Waals surface area contributed by atoms with E-state index < -0.39 is 0 Å². The molecule has 4 nitrogen and oxygen atoms in total. The summed E-state index contributed by atoms with van der Waals surface area (Å²) in [4.78, 5) is 4.61. The molecule has 1 aromatic heterocycles. The molecule has 0 amide bonds. The summed E-state index contributed by atoms with van der Waals surface area (Å²) >= 11 is 3.45. The summed E-state index contributed by atoms with van der Waals surface area (Å²) in [6.45, 7) is 3.11. The maximum absolute atomic E-state index is 9.01. The average molecular weight is 312 g/mol.